The van der Waals surface area contributed by atoms with Crippen LogP contribution in [0.3, 0.4) is 0 Å². The Balaban J connectivity index is 1.44. The van der Waals surface area contributed by atoms with Crippen LogP contribution in [0.1, 0.15) is 5.56 Å². The molecule has 1 aromatic heterocycles. The molecule has 1 aliphatic rings. The van der Waals surface area contributed by atoms with E-state index < -0.39 is 15.8 Å². The lowest BCUT2D eigenvalue weighted by Gasteiger charge is -2.34. The maximum atomic E-state index is 13.5. The van der Waals surface area contributed by atoms with Crippen LogP contribution in [-0.2, 0) is 10.0 Å². The van der Waals surface area contributed by atoms with Crippen molar-refractivity contribution in [3.05, 3.63) is 71.0 Å². The van der Waals surface area contributed by atoms with Crippen molar-refractivity contribution < 1.29 is 12.8 Å². The quantitative estimate of drug-likeness (QED) is 0.610. The molecule has 6 nitrogen and oxygen atoms in total. The second-order valence-electron chi connectivity index (χ2n) is 7.09. The smallest absolute Gasteiger partial charge is 0.243 e. The highest BCUT2D eigenvalue weighted by atomic mass is 35.5. The van der Waals surface area contributed by atoms with Crippen molar-refractivity contribution >= 4 is 27.4 Å². The molecule has 4 rings (SSSR count). The topological polar surface area (TPSA) is 66.4 Å². The highest BCUT2D eigenvalue weighted by molar-refractivity contribution is 7.89. The molecule has 0 unspecified atom stereocenters. The molecule has 3 aromatic rings. The van der Waals surface area contributed by atoms with Crippen molar-refractivity contribution in [1.29, 1.82) is 0 Å². The van der Waals surface area contributed by atoms with E-state index >= 15 is 0 Å². The molecular formula is C21H20ClFN4O2S. The first-order chi connectivity index (χ1) is 14.3. The number of rotatable bonds is 4. The number of benzene rings is 2. The van der Waals surface area contributed by atoms with Crippen LogP contribution in [-0.4, -0.2) is 49.1 Å². The van der Waals surface area contributed by atoms with Crippen LogP contribution in [0, 0.1) is 12.7 Å². The average molecular weight is 447 g/mol. The maximum absolute atomic E-state index is 13.5. The Morgan fingerprint density at radius 1 is 0.933 bits per heavy atom. The molecule has 0 atom stereocenters. The summed E-state index contributed by atoms with van der Waals surface area (Å²) in [6.07, 6.45) is 0. The lowest BCUT2D eigenvalue weighted by atomic mass is 10.1. The summed E-state index contributed by atoms with van der Waals surface area (Å²) in [5.41, 5.74) is 1.97. The fraction of sp³-hybridized carbons (Fsp3) is 0.238. The molecule has 0 saturated carbocycles. The van der Waals surface area contributed by atoms with Crippen LogP contribution >= 0.6 is 11.6 Å². The fourth-order valence-corrected chi connectivity index (χ4v) is 4.99. The molecule has 1 saturated heterocycles. The van der Waals surface area contributed by atoms with E-state index in [1.54, 1.807) is 19.1 Å². The molecule has 0 amide bonds. The second kappa shape index (κ2) is 8.29. The van der Waals surface area contributed by atoms with E-state index in [9.17, 15) is 12.8 Å². The second-order valence-corrected chi connectivity index (χ2v) is 9.46. The van der Waals surface area contributed by atoms with Gasteiger partial charge in [-0.3, -0.25) is 0 Å². The van der Waals surface area contributed by atoms with Gasteiger partial charge in [-0.15, -0.1) is 10.2 Å². The number of aromatic nitrogens is 2. The summed E-state index contributed by atoms with van der Waals surface area (Å²) in [5.74, 6) is 0.279. The van der Waals surface area contributed by atoms with E-state index in [0.717, 1.165) is 11.3 Å². The first-order valence-corrected chi connectivity index (χ1v) is 11.3. The summed E-state index contributed by atoms with van der Waals surface area (Å²) < 4.78 is 40.6. The van der Waals surface area contributed by atoms with Crippen molar-refractivity contribution in [3.63, 3.8) is 0 Å². The Morgan fingerprint density at radius 2 is 1.63 bits per heavy atom. The zero-order chi connectivity index (χ0) is 21.3. The van der Waals surface area contributed by atoms with Gasteiger partial charge in [0.05, 0.1) is 10.6 Å². The monoisotopic (exact) mass is 446 g/mol. The summed E-state index contributed by atoms with van der Waals surface area (Å²) in [5, 5.41) is 9.25. The van der Waals surface area contributed by atoms with Gasteiger partial charge in [0.15, 0.2) is 5.82 Å². The molecule has 1 fully saturated rings. The minimum Gasteiger partial charge on any atom is -0.352 e. The van der Waals surface area contributed by atoms with Crippen molar-refractivity contribution in [3.8, 4) is 11.3 Å². The SMILES string of the molecule is Cc1cc(S(=O)(=O)N2CCN(c3ccc(-c4ccc(Cl)cc4)nn3)CC2)ccc1F. The van der Waals surface area contributed by atoms with Crippen LogP contribution in [0.4, 0.5) is 10.2 Å². The number of anilines is 1. The Hall–Kier alpha value is -2.55. The van der Waals surface area contributed by atoms with Gasteiger partial charge in [0, 0.05) is 36.8 Å². The number of halogens is 2. The molecule has 0 spiro atoms. The number of hydrogen-bond acceptors (Lipinski definition) is 5. The first kappa shape index (κ1) is 20.7. The number of piperazine rings is 1. The largest absolute Gasteiger partial charge is 0.352 e. The summed E-state index contributed by atoms with van der Waals surface area (Å²) in [4.78, 5) is 2.11. The van der Waals surface area contributed by atoms with E-state index in [-0.39, 0.29) is 4.90 Å². The zero-order valence-corrected chi connectivity index (χ0v) is 17.9. The number of nitrogens with zero attached hydrogens (tertiary/aromatic N) is 4. The van der Waals surface area contributed by atoms with Crippen molar-refractivity contribution in [2.24, 2.45) is 0 Å². The third kappa shape index (κ3) is 4.16. The highest BCUT2D eigenvalue weighted by Crippen LogP contribution is 2.23. The number of hydrogen-bond donors (Lipinski definition) is 0. The molecule has 2 heterocycles. The van der Waals surface area contributed by atoms with E-state index in [4.69, 9.17) is 11.6 Å². The van der Waals surface area contributed by atoms with Gasteiger partial charge in [-0.05, 0) is 55.0 Å². The van der Waals surface area contributed by atoms with Crippen molar-refractivity contribution in [1.82, 2.24) is 14.5 Å². The molecule has 1 aliphatic heterocycles. The Morgan fingerprint density at radius 3 is 2.23 bits per heavy atom. The molecule has 0 bridgehead atoms. The van der Waals surface area contributed by atoms with E-state index in [1.165, 1.54) is 22.5 Å². The van der Waals surface area contributed by atoms with Gasteiger partial charge in [0.1, 0.15) is 5.82 Å². The first-order valence-electron chi connectivity index (χ1n) is 9.45. The molecule has 156 valence electrons. The molecule has 0 radical (unpaired) electrons. The summed E-state index contributed by atoms with van der Waals surface area (Å²) in [7, 11) is -3.66. The normalized spacial score (nSPS) is 15.4. The molecule has 0 N–H and O–H groups in total. The third-order valence-electron chi connectivity index (χ3n) is 5.12. The number of sulfonamides is 1. The lowest BCUT2D eigenvalue weighted by Crippen LogP contribution is -2.49. The number of aryl methyl sites for hydroxylation is 1. The van der Waals surface area contributed by atoms with Gasteiger partial charge in [-0.2, -0.15) is 4.31 Å². The van der Waals surface area contributed by atoms with Gasteiger partial charge >= 0.3 is 0 Å². The van der Waals surface area contributed by atoms with Gasteiger partial charge < -0.3 is 4.90 Å². The zero-order valence-electron chi connectivity index (χ0n) is 16.3. The fourth-order valence-electron chi connectivity index (χ4n) is 3.35. The minimum absolute atomic E-state index is 0.113. The molecule has 9 heteroatoms. The summed E-state index contributed by atoms with van der Waals surface area (Å²) in [6.45, 7) is 3.18. The van der Waals surface area contributed by atoms with Crippen LogP contribution in [0.2, 0.25) is 5.02 Å². The highest BCUT2D eigenvalue weighted by Gasteiger charge is 2.29. The molecule has 30 heavy (non-hydrogen) atoms. The van der Waals surface area contributed by atoms with Crippen LogP contribution in [0.5, 0.6) is 0 Å². The van der Waals surface area contributed by atoms with Crippen molar-refractivity contribution in [2.45, 2.75) is 11.8 Å². The standard InChI is InChI=1S/C21H20ClFN4O2S/c1-15-14-18(6-7-19(15)23)30(28,29)27-12-10-26(11-13-27)21-9-8-20(24-25-21)16-2-4-17(22)5-3-16/h2-9,14H,10-13H2,1H3. The summed E-state index contributed by atoms with van der Waals surface area (Å²) in [6, 6.07) is 15.0. The van der Waals surface area contributed by atoms with Gasteiger partial charge in [-0.1, -0.05) is 23.7 Å². The minimum atomic E-state index is -3.66. The Bertz CT molecular complexity index is 1150. The van der Waals surface area contributed by atoms with E-state index in [2.05, 4.69) is 10.2 Å². The predicted molar refractivity (Wildman–Crippen MR) is 115 cm³/mol. The Labute approximate surface area is 180 Å². The van der Waals surface area contributed by atoms with Gasteiger partial charge in [0.25, 0.3) is 0 Å². The molecule has 0 aliphatic carbocycles. The maximum Gasteiger partial charge on any atom is 0.243 e. The van der Waals surface area contributed by atoms with Gasteiger partial charge in [-0.25, -0.2) is 12.8 Å². The third-order valence-corrected chi connectivity index (χ3v) is 7.27. The molecular weight excluding hydrogens is 427 g/mol. The van der Waals surface area contributed by atoms with Crippen LogP contribution in [0.25, 0.3) is 11.3 Å². The Kier molecular flexibility index (Phi) is 5.73. The predicted octanol–water partition coefficient (Wildman–Crippen LogP) is 3.76. The van der Waals surface area contributed by atoms with E-state index in [1.807, 2.05) is 29.2 Å². The van der Waals surface area contributed by atoms with E-state index in [0.29, 0.717) is 42.6 Å². The van der Waals surface area contributed by atoms with Gasteiger partial charge in [0.2, 0.25) is 10.0 Å². The molecule has 2 aromatic carbocycles. The average Bonchev–Trinajstić information content (AvgIpc) is 2.76. The van der Waals surface area contributed by atoms with Crippen molar-refractivity contribution in [2.75, 3.05) is 31.1 Å². The summed E-state index contributed by atoms with van der Waals surface area (Å²) >= 11 is 5.92. The lowest BCUT2D eigenvalue weighted by molar-refractivity contribution is 0.383. The van der Waals surface area contributed by atoms with Crippen LogP contribution in [0.15, 0.2) is 59.5 Å². The van der Waals surface area contributed by atoms with Crippen LogP contribution < -0.4 is 4.90 Å².